The number of aryl methyl sites for hydroxylation is 1. The van der Waals surface area contributed by atoms with Crippen molar-refractivity contribution in [2.24, 2.45) is 0 Å². The highest BCUT2D eigenvalue weighted by atomic mass is 35.5. The molecule has 0 aromatic carbocycles. The average molecular weight is 289 g/mol. The predicted octanol–water partition coefficient (Wildman–Crippen LogP) is 3.35. The molecule has 3 rings (SSSR count). The number of pyridine rings is 1. The van der Waals surface area contributed by atoms with Crippen LogP contribution in [-0.2, 0) is 6.54 Å². The van der Waals surface area contributed by atoms with Crippen LogP contribution in [0.5, 0.6) is 0 Å². The molecule has 0 N–H and O–H groups in total. The Balaban J connectivity index is 1.81. The second-order valence-electron chi connectivity index (χ2n) is 5.31. The summed E-state index contributed by atoms with van der Waals surface area (Å²) in [7, 11) is 2.00. The Morgan fingerprint density at radius 1 is 1.25 bits per heavy atom. The largest absolute Gasteiger partial charge is 0.354 e. The molecule has 0 saturated heterocycles. The monoisotopic (exact) mass is 288 g/mol. The van der Waals surface area contributed by atoms with Gasteiger partial charge in [0.15, 0.2) is 0 Å². The molecule has 0 spiro atoms. The zero-order valence-corrected chi connectivity index (χ0v) is 12.4. The van der Waals surface area contributed by atoms with Gasteiger partial charge in [0.2, 0.25) is 0 Å². The summed E-state index contributed by atoms with van der Waals surface area (Å²) >= 11 is 6.10. The van der Waals surface area contributed by atoms with Crippen LogP contribution in [0.3, 0.4) is 0 Å². The lowest BCUT2D eigenvalue weighted by atomic mass is 10.3. The fourth-order valence-corrected chi connectivity index (χ4v) is 2.34. The molecule has 0 atom stereocenters. The third kappa shape index (κ3) is 3.07. The number of aromatic nitrogens is 3. The molecule has 2 aromatic rings. The maximum Gasteiger partial charge on any atom is 0.135 e. The number of hydrogen-bond acceptors (Lipinski definition) is 4. The van der Waals surface area contributed by atoms with Gasteiger partial charge in [-0.1, -0.05) is 17.7 Å². The van der Waals surface area contributed by atoms with Gasteiger partial charge in [0, 0.05) is 24.7 Å². The van der Waals surface area contributed by atoms with E-state index in [-0.39, 0.29) is 0 Å². The number of anilines is 1. The Bertz CT molecular complexity index is 625. The Hall–Kier alpha value is -1.68. The molecule has 1 aliphatic carbocycles. The molecule has 0 unspecified atom stereocenters. The van der Waals surface area contributed by atoms with Crippen LogP contribution in [0.1, 0.15) is 36.0 Å². The SMILES string of the molecule is Cc1cccc(CN(C)c2cc(Cl)nc(C3CC3)n2)n1. The zero-order valence-electron chi connectivity index (χ0n) is 11.7. The molecule has 5 heteroatoms. The second kappa shape index (κ2) is 5.37. The van der Waals surface area contributed by atoms with E-state index in [1.807, 2.05) is 38.2 Å². The van der Waals surface area contributed by atoms with Crippen LogP contribution >= 0.6 is 11.6 Å². The Morgan fingerprint density at radius 3 is 2.75 bits per heavy atom. The van der Waals surface area contributed by atoms with Gasteiger partial charge < -0.3 is 4.90 Å². The lowest BCUT2D eigenvalue weighted by Crippen LogP contribution is -2.19. The van der Waals surface area contributed by atoms with E-state index in [1.54, 1.807) is 0 Å². The van der Waals surface area contributed by atoms with E-state index in [9.17, 15) is 0 Å². The molecule has 0 radical (unpaired) electrons. The molecule has 104 valence electrons. The normalized spacial score (nSPS) is 14.3. The van der Waals surface area contributed by atoms with Gasteiger partial charge in [-0.2, -0.15) is 0 Å². The average Bonchev–Trinajstić information content (AvgIpc) is 3.22. The fraction of sp³-hybridized carbons (Fsp3) is 0.400. The van der Waals surface area contributed by atoms with E-state index in [2.05, 4.69) is 19.9 Å². The lowest BCUT2D eigenvalue weighted by Gasteiger charge is -2.18. The Labute approximate surface area is 123 Å². The van der Waals surface area contributed by atoms with Crippen molar-refractivity contribution in [1.82, 2.24) is 15.0 Å². The van der Waals surface area contributed by atoms with Crippen LogP contribution in [0.2, 0.25) is 5.15 Å². The van der Waals surface area contributed by atoms with Crippen LogP contribution in [0.15, 0.2) is 24.3 Å². The minimum atomic E-state index is 0.498. The first-order chi connectivity index (χ1) is 9.61. The molecule has 1 fully saturated rings. The minimum Gasteiger partial charge on any atom is -0.354 e. The topological polar surface area (TPSA) is 41.9 Å². The van der Waals surface area contributed by atoms with E-state index >= 15 is 0 Å². The molecule has 0 amide bonds. The standard InChI is InChI=1S/C15H17ClN4/c1-10-4-3-5-12(17-10)9-20(2)14-8-13(16)18-15(19-14)11-6-7-11/h3-5,8,11H,6-7,9H2,1-2H3. The highest BCUT2D eigenvalue weighted by molar-refractivity contribution is 6.29. The molecule has 0 aliphatic heterocycles. The van der Waals surface area contributed by atoms with E-state index in [0.717, 1.165) is 23.0 Å². The lowest BCUT2D eigenvalue weighted by molar-refractivity contribution is 0.832. The number of nitrogens with zero attached hydrogens (tertiary/aromatic N) is 4. The summed E-state index contributed by atoms with van der Waals surface area (Å²) in [5.41, 5.74) is 2.05. The first-order valence-electron chi connectivity index (χ1n) is 6.80. The third-order valence-corrected chi connectivity index (χ3v) is 3.57. The Morgan fingerprint density at radius 2 is 2.05 bits per heavy atom. The number of hydrogen-bond donors (Lipinski definition) is 0. The molecule has 1 saturated carbocycles. The van der Waals surface area contributed by atoms with Crippen LogP contribution in [0, 0.1) is 6.92 Å². The fourth-order valence-electron chi connectivity index (χ4n) is 2.15. The summed E-state index contributed by atoms with van der Waals surface area (Å²) in [6, 6.07) is 7.85. The predicted molar refractivity (Wildman–Crippen MR) is 80.1 cm³/mol. The molecule has 1 aliphatic rings. The van der Waals surface area contributed by atoms with Crippen molar-refractivity contribution < 1.29 is 0 Å². The van der Waals surface area contributed by atoms with Gasteiger partial charge in [-0.15, -0.1) is 0 Å². The molecule has 0 bridgehead atoms. The summed E-state index contributed by atoms with van der Waals surface area (Å²) < 4.78 is 0. The molecule has 2 heterocycles. The van der Waals surface area contributed by atoms with Crippen LogP contribution in [0.25, 0.3) is 0 Å². The van der Waals surface area contributed by atoms with Crippen molar-refractivity contribution in [3.63, 3.8) is 0 Å². The molecular formula is C15H17ClN4. The van der Waals surface area contributed by atoms with Gasteiger partial charge in [0.25, 0.3) is 0 Å². The molecule has 2 aromatic heterocycles. The molecular weight excluding hydrogens is 272 g/mol. The summed E-state index contributed by atoms with van der Waals surface area (Å²) in [6.45, 7) is 2.70. The summed E-state index contributed by atoms with van der Waals surface area (Å²) in [6.07, 6.45) is 2.34. The van der Waals surface area contributed by atoms with Gasteiger partial charge in [0.05, 0.1) is 12.2 Å². The van der Waals surface area contributed by atoms with Crippen LogP contribution in [0.4, 0.5) is 5.82 Å². The van der Waals surface area contributed by atoms with Crippen molar-refractivity contribution in [2.75, 3.05) is 11.9 Å². The van der Waals surface area contributed by atoms with Gasteiger partial charge in [-0.3, -0.25) is 4.98 Å². The third-order valence-electron chi connectivity index (χ3n) is 3.38. The second-order valence-corrected chi connectivity index (χ2v) is 5.69. The van der Waals surface area contributed by atoms with Crippen LogP contribution < -0.4 is 4.90 Å². The molecule has 4 nitrogen and oxygen atoms in total. The van der Waals surface area contributed by atoms with Gasteiger partial charge in [0.1, 0.15) is 16.8 Å². The summed E-state index contributed by atoms with van der Waals surface area (Å²) in [4.78, 5) is 15.5. The number of rotatable bonds is 4. The van der Waals surface area contributed by atoms with Gasteiger partial charge in [-0.25, -0.2) is 9.97 Å². The quantitative estimate of drug-likeness (QED) is 0.809. The van der Waals surface area contributed by atoms with Crippen molar-refractivity contribution in [1.29, 1.82) is 0 Å². The molecule has 20 heavy (non-hydrogen) atoms. The maximum absolute atomic E-state index is 6.10. The summed E-state index contributed by atoms with van der Waals surface area (Å²) in [5, 5.41) is 0.515. The van der Waals surface area contributed by atoms with E-state index in [0.29, 0.717) is 17.6 Å². The Kier molecular flexibility index (Phi) is 3.57. The van der Waals surface area contributed by atoms with Crippen molar-refractivity contribution >= 4 is 17.4 Å². The summed E-state index contributed by atoms with van der Waals surface area (Å²) in [5.74, 6) is 2.23. The van der Waals surface area contributed by atoms with Crippen LogP contribution in [-0.4, -0.2) is 22.0 Å². The zero-order chi connectivity index (χ0) is 14.1. The highest BCUT2D eigenvalue weighted by Crippen LogP contribution is 2.39. The smallest absolute Gasteiger partial charge is 0.135 e. The maximum atomic E-state index is 6.10. The van der Waals surface area contributed by atoms with Gasteiger partial charge >= 0.3 is 0 Å². The number of halogens is 1. The van der Waals surface area contributed by atoms with E-state index in [4.69, 9.17) is 11.6 Å². The van der Waals surface area contributed by atoms with E-state index in [1.165, 1.54) is 12.8 Å². The first-order valence-corrected chi connectivity index (χ1v) is 7.18. The van der Waals surface area contributed by atoms with Crippen molar-refractivity contribution in [3.05, 3.63) is 46.6 Å². The van der Waals surface area contributed by atoms with Crippen molar-refractivity contribution in [3.8, 4) is 0 Å². The first kappa shape index (κ1) is 13.3. The van der Waals surface area contributed by atoms with Gasteiger partial charge in [-0.05, 0) is 31.9 Å². The van der Waals surface area contributed by atoms with E-state index < -0.39 is 0 Å². The minimum absolute atomic E-state index is 0.498. The van der Waals surface area contributed by atoms with Crippen molar-refractivity contribution in [2.45, 2.75) is 32.2 Å². The highest BCUT2D eigenvalue weighted by Gasteiger charge is 2.27.